The summed E-state index contributed by atoms with van der Waals surface area (Å²) in [7, 11) is 0. The van der Waals surface area contributed by atoms with E-state index in [-0.39, 0.29) is 0 Å². The third-order valence-corrected chi connectivity index (χ3v) is 3.55. The zero-order valence-electron chi connectivity index (χ0n) is 8.98. The number of allylic oxidation sites excluding steroid dienone is 2. The molecule has 1 heterocycles. The van der Waals surface area contributed by atoms with Gasteiger partial charge in [0.05, 0.1) is 5.69 Å². The molecule has 2 unspecified atom stereocenters. The second kappa shape index (κ2) is 3.34. The highest BCUT2D eigenvalue weighted by Gasteiger charge is 2.30. The molecular formula is C14H15N. The first-order valence-electron chi connectivity index (χ1n) is 5.67. The predicted octanol–water partition coefficient (Wildman–Crippen LogP) is 3.84. The molecular weight excluding hydrogens is 182 g/mol. The lowest BCUT2D eigenvalue weighted by Crippen LogP contribution is -2.24. The maximum Gasteiger partial charge on any atom is 0.0667 e. The van der Waals surface area contributed by atoms with Gasteiger partial charge in [-0.1, -0.05) is 30.4 Å². The summed E-state index contributed by atoms with van der Waals surface area (Å²) in [6.45, 7) is 2.17. The fraction of sp³-hybridized carbons (Fsp3) is 0.357. The van der Waals surface area contributed by atoms with Crippen molar-refractivity contribution in [3.05, 3.63) is 42.0 Å². The monoisotopic (exact) mass is 197 g/mol. The Morgan fingerprint density at radius 2 is 2.13 bits per heavy atom. The van der Waals surface area contributed by atoms with Crippen LogP contribution in [0.15, 0.2) is 41.4 Å². The summed E-state index contributed by atoms with van der Waals surface area (Å²) in [5, 5.41) is 0. The molecule has 0 N–H and O–H groups in total. The molecule has 1 nitrogen and oxygen atoms in total. The number of hydrogen-bond donors (Lipinski definition) is 0. The summed E-state index contributed by atoms with van der Waals surface area (Å²) >= 11 is 0. The molecule has 15 heavy (non-hydrogen) atoms. The Morgan fingerprint density at radius 1 is 1.27 bits per heavy atom. The van der Waals surface area contributed by atoms with Crippen LogP contribution >= 0.6 is 0 Å². The van der Waals surface area contributed by atoms with Gasteiger partial charge < -0.3 is 0 Å². The van der Waals surface area contributed by atoms with Gasteiger partial charge in [-0.05, 0) is 31.4 Å². The minimum Gasteiger partial charge on any atom is -0.258 e. The zero-order valence-corrected chi connectivity index (χ0v) is 8.98. The van der Waals surface area contributed by atoms with Gasteiger partial charge in [-0.3, -0.25) is 4.99 Å². The van der Waals surface area contributed by atoms with Gasteiger partial charge in [-0.2, -0.15) is 0 Å². The lowest BCUT2D eigenvalue weighted by molar-refractivity contribution is 0.542. The van der Waals surface area contributed by atoms with E-state index in [0.29, 0.717) is 11.8 Å². The lowest BCUT2D eigenvalue weighted by atomic mass is 9.75. The molecule has 0 aromatic heterocycles. The van der Waals surface area contributed by atoms with E-state index in [1.54, 1.807) is 0 Å². The van der Waals surface area contributed by atoms with Crippen molar-refractivity contribution in [2.75, 3.05) is 0 Å². The first kappa shape index (κ1) is 8.90. The van der Waals surface area contributed by atoms with E-state index in [4.69, 9.17) is 4.99 Å². The van der Waals surface area contributed by atoms with Crippen LogP contribution in [-0.2, 0) is 0 Å². The van der Waals surface area contributed by atoms with E-state index in [1.807, 2.05) is 0 Å². The topological polar surface area (TPSA) is 12.4 Å². The minimum absolute atomic E-state index is 0.576. The largest absolute Gasteiger partial charge is 0.258 e. The average Bonchev–Trinajstić information content (AvgIpc) is 2.30. The van der Waals surface area contributed by atoms with Crippen molar-refractivity contribution in [3.63, 3.8) is 0 Å². The highest BCUT2D eigenvalue weighted by Crippen LogP contribution is 2.42. The highest BCUT2D eigenvalue weighted by atomic mass is 14.8. The quantitative estimate of drug-likeness (QED) is 0.560. The van der Waals surface area contributed by atoms with E-state index in [2.05, 4.69) is 43.3 Å². The van der Waals surface area contributed by atoms with Crippen LogP contribution in [0.25, 0.3) is 0 Å². The van der Waals surface area contributed by atoms with Gasteiger partial charge in [0.25, 0.3) is 0 Å². The summed E-state index contributed by atoms with van der Waals surface area (Å²) in [5.41, 5.74) is 3.88. The van der Waals surface area contributed by atoms with E-state index in [9.17, 15) is 0 Å². The summed E-state index contributed by atoms with van der Waals surface area (Å²) < 4.78 is 0. The zero-order chi connectivity index (χ0) is 10.3. The fourth-order valence-electron chi connectivity index (χ4n) is 2.77. The molecule has 0 bridgehead atoms. The third-order valence-electron chi connectivity index (χ3n) is 3.55. The van der Waals surface area contributed by atoms with Crippen LogP contribution in [0.5, 0.6) is 0 Å². The molecule has 0 radical (unpaired) electrons. The van der Waals surface area contributed by atoms with E-state index < -0.39 is 0 Å². The molecule has 1 aliphatic heterocycles. The Morgan fingerprint density at radius 3 is 3.07 bits per heavy atom. The van der Waals surface area contributed by atoms with Gasteiger partial charge in [0.2, 0.25) is 0 Å². The molecule has 0 fully saturated rings. The number of benzene rings is 1. The number of aliphatic imine (C=N–C) groups is 1. The Balaban J connectivity index is 2.17. The maximum atomic E-state index is 4.71. The van der Waals surface area contributed by atoms with Gasteiger partial charge >= 0.3 is 0 Å². The molecule has 0 spiro atoms. The molecule has 1 aliphatic carbocycles. The van der Waals surface area contributed by atoms with Crippen molar-refractivity contribution < 1.29 is 0 Å². The van der Waals surface area contributed by atoms with Crippen LogP contribution < -0.4 is 0 Å². The normalized spacial score (nSPS) is 27.9. The smallest absolute Gasteiger partial charge is 0.0667 e. The third kappa shape index (κ3) is 1.34. The van der Waals surface area contributed by atoms with Crippen molar-refractivity contribution in [2.24, 2.45) is 10.9 Å². The van der Waals surface area contributed by atoms with Crippen molar-refractivity contribution >= 4 is 11.4 Å². The number of para-hydroxylation sites is 1. The second-order valence-corrected chi connectivity index (χ2v) is 4.45. The van der Waals surface area contributed by atoms with Crippen LogP contribution in [0.1, 0.15) is 31.2 Å². The number of fused-ring (bicyclic) bond motifs is 3. The first-order chi connectivity index (χ1) is 7.36. The van der Waals surface area contributed by atoms with E-state index in [0.717, 1.165) is 0 Å². The average molecular weight is 197 g/mol. The van der Waals surface area contributed by atoms with Crippen molar-refractivity contribution in [1.29, 1.82) is 0 Å². The lowest BCUT2D eigenvalue weighted by Gasteiger charge is -2.32. The summed E-state index contributed by atoms with van der Waals surface area (Å²) in [6.07, 6.45) is 7.14. The maximum absolute atomic E-state index is 4.71. The molecule has 1 aromatic carbocycles. The Labute approximate surface area is 90.5 Å². The number of hydrogen-bond acceptors (Lipinski definition) is 1. The highest BCUT2D eigenvalue weighted by molar-refractivity contribution is 5.90. The van der Waals surface area contributed by atoms with Gasteiger partial charge in [-0.15, -0.1) is 0 Å². The Hall–Kier alpha value is -1.37. The molecule has 3 rings (SSSR count). The molecule has 0 saturated heterocycles. The molecule has 0 saturated carbocycles. The summed E-state index contributed by atoms with van der Waals surface area (Å²) in [6, 6.07) is 8.53. The SMILES string of the molecule is CC1=Nc2ccccc2C2C=CCCC12. The van der Waals surface area contributed by atoms with Crippen LogP contribution in [0, 0.1) is 5.92 Å². The van der Waals surface area contributed by atoms with Gasteiger partial charge in [0.15, 0.2) is 0 Å². The predicted molar refractivity (Wildman–Crippen MR) is 63.8 cm³/mol. The minimum atomic E-state index is 0.576. The summed E-state index contributed by atoms with van der Waals surface area (Å²) in [5.74, 6) is 1.22. The van der Waals surface area contributed by atoms with E-state index >= 15 is 0 Å². The molecule has 2 atom stereocenters. The van der Waals surface area contributed by atoms with Gasteiger partial charge in [0.1, 0.15) is 0 Å². The van der Waals surface area contributed by atoms with Crippen LogP contribution in [0.3, 0.4) is 0 Å². The Kier molecular flexibility index (Phi) is 1.98. The Bertz CT molecular complexity index is 442. The van der Waals surface area contributed by atoms with Crippen molar-refractivity contribution in [2.45, 2.75) is 25.7 Å². The van der Waals surface area contributed by atoms with Crippen LogP contribution in [0.2, 0.25) is 0 Å². The number of nitrogens with zero attached hydrogens (tertiary/aromatic N) is 1. The van der Waals surface area contributed by atoms with Crippen LogP contribution in [-0.4, -0.2) is 5.71 Å². The molecule has 2 aliphatic rings. The standard InChI is InChI=1S/C14H15N/c1-10-11-6-2-3-7-12(11)13-8-4-5-9-14(13)15-10/h3-5,7-9,11-12H,2,6H2,1H3. The summed E-state index contributed by atoms with van der Waals surface area (Å²) in [4.78, 5) is 4.71. The van der Waals surface area contributed by atoms with Gasteiger partial charge in [0, 0.05) is 17.5 Å². The molecule has 1 heteroatoms. The second-order valence-electron chi connectivity index (χ2n) is 4.45. The molecule has 76 valence electrons. The van der Waals surface area contributed by atoms with E-state index in [1.165, 1.54) is 29.8 Å². The first-order valence-corrected chi connectivity index (χ1v) is 5.67. The van der Waals surface area contributed by atoms with Crippen molar-refractivity contribution in [1.82, 2.24) is 0 Å². The molecule has 1 aromatic rings. The fourth-order valence-corrected chi connectivity index (χ4v) is 2.77. The van der Waals surface area contributed by atoms with Crippen molar-refractivity contribution in [3.8, 4) is 0 Å². The van der Waals surface area contributed by atoms with Crippen LogP contribution in [0.4, 0.5) is 5.69 Å². The number of rotatable bonds is 0. The van der Waals surface area contributed by atoms with Gasteiger partial charge in [-0.25, -0.2) is 0 Å². The molecule has 0 amide bonds.